The number of halogens is 3. The molecule has 0 bridgehead atoms. The topological polar surface area (TPSA) is 22.1 Å². The van der Waals surface area contributed by atoms with Crippen molar-refractivity contribution in [2.45, 2.75) is 12.5 Å². The zero-order valence-corrected chi connectivity index (χ0v) is 13.0. The van der Waals surface area contributed by atoms with Crippen LogP contribution in [0.3, 0.4) is 0 Å². The van der Waals surface area contributed by atoms with Crippen LogP contribution in [-0.4, -0.2) is 4.98 Å². The number of ether oxygens (including phenoxy) is 1. The van der Waals surface area contributed by atoms with Crippen LogP contribution in [0.1, 0.15) is 11.3 Å². The highest BCUT2D eigenvalue weighted by atomic mass is 127. The van der Waals surface area contributed by atoms with Gasteiger partial charge in [-0.15, -0.1) is 11.6 Å². The molecule has 94 valence electrons. The molecule has 2 nitrogen and oxygen atoms in total. The van der Waals surface area contributed by atoms with E-state index in [-0.39, 0.29) is 0 Å². The van der Waals surface area contributed by atoms with Crippen molar-refractivity contribution in [3.63, 3.8) is 0 Å². The Labute approximate surface area is 129 Å². The van der Waals surface area contributed by atoms with Gasteiger partial charge in [0.2, 0.25) is 0 Å². The van der Waals surface area contributed by atoms with Gasteiger partial charge in [-0.05, 0) is 34.2 Å². The monoisotopic (exact) mass is 393 g/mol. The van der Waals surface area contributed by atoms with E-state index in [4.69, 9.17) is 27.9 Å². The van der Waals surface area contributed by atoms with Gasteiger partial charge >= 0.3 is 0 Å². The first-order valence-corrected chi connectivity index (χ1v) is 7.27. The van der Waals surface area contributed by atoms with E-state index in [1.165, 1.54) is 0 Å². The molecule has 0 amide bonds. The van der Waals surface area contributed by atoms with Gasteiger partial charge in [0.05, 0.1) is 15.1 Å². The average molecular weight is 394 g/mol. The molecule has 0 fully saturated rings. The summed E-state index contributed by atoms with van der Waals surface area (Å²) < 4.78 is 6.62. The van der Waals surface area contributed by atoms with Crippen molar-refractivity contribution in [3.8, 4) is 5.75 Å². The molecule has 0 aliphatic heterocycles. The first-order valence-electron chi connectivity index (χ1n) is 5.28. The second-order valence-corrected chi connectivity index (χ2v) is 5.41. The molecule has 0 aliphatic rings. The molecule has 1 aromatic carbocycles. The highest BCUT2D eigenvalue weighted by Gasteiger charge is 2.10. The highest BCUT2D eigenvalue weighted by Crippen LogP contribution is 2.30. The van der Waals surface area contributed by atoms with Crippen LogP contribution in [0.15, 0.2) is 36.4 Å². The van der Waals surface area contributed by atoms with Crippen molar-refractivity contribution in [2.24, 2.45) is 0 Å². The molecule has 0 aliphatic carbocycles. The van der Waals surface area contributed by atoms with Crippen molar-refractivity contribution in [1.82, 2.24) is 4.98 Å². The van der Waals surface area contributed by atoms with Crippen molar-refractivity contribution < 1.29 is 4.74 Å². The van der Waals surface area contributed by atoms with Crippen LogP contribution in [0, 0.1) is 3.57 Å². The third-order valence-corrected chi connectivity index (χ3v) is 3.63. The third kappa shape index (κ3) is 3.49. The number of rotatable bonds is 4. The predicted octanol–water partition coefficient (Wildman–Crippen LogP) is 4.66. The molecule has 0 saturated carbocycles. The Bertz CT molecular complexity index is 511. The Hall–Kier alpha value is -0.520. The van der Waals surface area contributed by atoms with Gasteiger partial charge in [0.15, 0.2) is 10.9 Å². The lowest BCUT2D eigenvalue weighted by atomic mass is 10.2. The Morgan fingerprint density at radius 3 is 2.56 bits per heavy atom. The summed E-state index contributed by atoms with van der Waals surface area (Å²) in [6, 6.07) is 11.8. The van der Waals surface area contributed by atoms with Crippen molar-refractivity contribution >= 4 is 45.8 Å². The van der Waals surface area contributed by atoms with Crippen LogP contribution in [0.5, 0.6) is 5.75 Å². The molecule has 0 unspecified atom stereocenters. The maximum Gasteiger partial charge on any atom is 0.172 e. The SMILES string of the molecule is ClCc1cc(I)c(OCc2ccccc2)c(Cl)n1. The van der Waals surface area contributed by atoms with E-state index < -0.39 is 0 Å². The standard InChI is InChI=1S/C13H10Cl2INO/c14-7-10-6-11(16)12(13(15)17-10)18-8-9-4-2-1-3-5-9/h1-6H,7-8H2. The van der Waals surface area contributed by atoms with Crippen LogP contribution < -0.4 is 4.74 Å². The van der Waals surface area contributed by atoms with E-state index >= 15 is 0 Å². The van der Waals surface area contributed by atoms with Gasteiger partial charge in [-0.1, -0.05) is 41.9 Å². The molecule has 18 heavy (non-hydrogen) atoms. The van der Waals surface area contributed by atoms with E-state index in [9.17, 15) is 0 Å². The van der Waals surface area contributed by atoms with Crippen LogP contribution in [0.4, 0.5) is 0 Å². The van der Waals surface area contributed by atoms with Gasteiger partial charge in [0, 0.05) is 0 Å². The van der Waals surface area contributed by atoms with Crippen molar-refractivity contribution in [1.29, 1.82) is 0 Å². The van der Waals surface area contributed by atoms with Gasteiger partial charge in [-0.25, -0.2) is 4.98 Å². The molecular formula is C13H10Cl2INO. The normalized spacial score (nSPS) is 10.4. The maximum absolute atomic E-state index is 6.08. The zero-order chi connectivity index (χ0) is 13.0. The van der Waals surface area contributed by atoms with Gasteiger partial charge < -0.3 is 4.74 Å². The average Bonchev–Trinajstić information content (AvgIpc) is 2.38. The maximum atomic E-state index is 6.08. The lowest BCUT2D eigenvalue weighted by Gasteiger charge is -2.10. The molecule has 1 heterocycles. The van der Waals surface area contributed by atoms with E-state index in [0.29, 0.717) is 23.4 Å². The summed E-state index contributed by atoms with van der Waals surface area (Å²) in [5.41, 5.74) is 1.84. The van der Waals surface area contributed by atoms with Crippen LogP contribution in [0.25, 0.3) is 0 Å². The summed E-state index contributed by atoms with van der Waals surface area (Å²) in [6.45, 7) is 0.471. The minimum atomic E-state index is 0.342. The summed E-state index contributed by atoms with van der Waals surface area (Å²) in [4.78, 5) is 4.17. The number of hydrogen-bond donors (Lipinski definition) is 0. The first kappa shape index (κ1) is 13.9. The fourth-order valence-corrected chi connectivity index (χ4v) is 2.78. The molecular weight excluding hydrogens is 384 g/mol. The Kier molecular flexibility index (Phi) is 5.09. The molecule has 1 aromatic heterocycles. The van der Waals surface area contributed by atoms with E-state index in [1.807, 2.05) is 36.4 Å². The van der Waals surface area contributed by atoms with Crippen LogP contribution in [-0.2, 0) is 12.5 Å². The summed E-state index contributed by atoms with van der Waals surface area (Å²) in [6.07, 6.45) is 0. The van der Waals surface area contributed by atoms with Crippen LogP contribution >= 0.6 is 45.8 Å². The third-order valence-electron chi connectivity index (χ3n) is 2.30. The number of pyridine rings is 1. The highest BCUT2D eigenvalue weighted by molar-refractivity contribution is 14.1. The molecule has 0 saturated heterocycles. The first-order chi connectivity index (χ1) is 8.70. The lowest BCUT2D eigenvalue weighted by Crippen LogP contribution is -2.00. The minimum absolute atomic E-state index is 0.342. The number of alkyl halides is 1. The molecule has 0 spiro atoms. The van der Waals surface area contributed by atoms with Gasteiger partial charge in [0.25, 0.3) is 0 Å². The summed E-state index contributed by atoms with van der Waals surface area (Å²) in [7, 11) is 0. The van der Waals surface area contributed by atoms with Crippen LogP contribution in [0.2, 0.25) is 5.15 Å². The Balaban J connectivity index is 2.15. The van der Waals surface area contributed by atoms with Gasteiger partial charge in [-0.2, -0.15) is 0 Å². The summed E-state index contributed by atoms with van der Waals surface area (Å²) in [5, 5.41) is 0.355. The smallest absolute Gasteiger partial charge is 0.172 e. The van der Waals surface area contributed by atoms with Crippen molar-refractivity contribution in [2.75, 3.05) is 0 Å². The lowest BCUT2D eigenvalue weighted by molar-refractivity contribution is 0.303. The minimum Gasteiger partial charge on any atom is -0.485 e. The molecule has 0 atom stereocenters. The fraction of sp³-hybridized carbons (Fsp3) is 0.154. The zero-order valence-electron chi connectivity index (χ0n) is 9.37. The summed E-state index contributed by atoms with van der Waals surface area (Å²) in [5.74, 6) is 0.948. The van der Waals surface area contributed by atoms with E-state index in [1.54, 1.807) is 0 Å². The molecule has 0 radical (unpaired) electrons. The molecule has 2 rings (SSSR count). The largest absolute Gasteiger partial charge is 0.485 e. The molecule has 2 aromatic rings. The fourth-order valence-electron chi connectivity index (χ4n) is 1.45. The summed E-state index contributed by atoms with van der Waals surface area (Å²) >= 11 is 14.0. The van der Waals surface area contributed by atoms with Gasteiger partial charge in [-0.3, -0.25) is 0 Å². The number of benzene rings is 1. The quantitative estimate of drug-likeness (QED) is 0.428. The molecule has 5 heteroatoms. The molecule has 0 N–H and O–H groups in total. The predicted molar refractivity (Wildman–Crippen MR) is 82.3 cm³/mol. The second kappa shape index (κ2) is 6.59. The second-order valence-electron chi connectivity index (χ2n) is 3.62. The van der Waals surface area contributed by atoms with Gasteiger partial charge in [0.1, 0.15) is 6.61 Å². The Morgan fingerprint density at radius 1 is 1.22 bits per heavy atom. The number of hydrogen-bond acceptors (Lipinski definition) is 2. The number of nitrogens with zero attached hydrogens (tertiary/aromatic N) is 1. The Morgan fingerprint density at radius 2 is 1.94 bits per heavy atom. The van der Waals surface area contributed by atoms with E-state index in [2.05, 4.69) is 27.6 Å². The van der Waals surface area contributed by atoms with E-state index in [0.717, 1.165) is 14.8 Å². The van der Waals surface area contributed by atoms with Crippen molar-refractivity contribution in [3.05, 3.63) is 56.4 Å². The number of aromatic nitrogens is 1.